The van der Waals surface area contributed by atoms with Gasteiger partial charge in [0, 0.05) is 17.1 Å². The molecule has 1 saturated carbocycles. The Morgan fingerprint density at radius 3 is 2.55 bits per heavy atom. The van der Waals surface area contributed by atoms with Gasteiger partial charge in [0.1, 0.15) is 17.1 Å². The molecule has 0 atom stereocenters. The van der Waals surface area contributed by atoms with Gasteiger partial charge < -0.3 is 23.9 Å². The van der Waals surface area contributed by atoms with Gasteiger partial charge in [-0.05, 0) is 62.9 Å². The second-order valence-electron chi connectivity index (χ2n) is 7.24. The number of hydrogen-bond donors (Lipinski definition) is 1. The van der Waals surface area contributed by atoms with Gasteiger partial charge in [0.25, 0.3) is 5.91 Å². The molecule has 0 unspecified atom stereocenters. The minimum Gasteiger partial charge on any atom is -0.497 e. The van der Waals surface area contributed by atoms with Crippen molar-refractivity contribution in [3.63, 3.8) is 0 Å². The summed E-state index contributed by atoms with van der Waals surface area (Å²) < 4.78 is 22.6. The standard InChI is InChI=1S/C23H25NO5/c1-14-22(18-13-17(26-2)9-11-19(18)28-14)23(25)24-15-8-10-20(27-3)21(12-15)29-16-6-4-5-7-16/h8-13,16H,4-7H2,1-3H3,(H,24,25). The van der Waals surface area contributed by atoms with Gasteiger partial charge in [-0.15, -0.1) is 0 Å². The van der Waals surface area contributed by atoms with Crippen molar-refractivity contribution in [1.29, 1.82) is 0 Å². The molecule has 6 nitrogen and oxygen atoms in total. The minimum absolute atomic E-state index is 0.197. The molecule has 0 radical (unpaired) electrons. The molecule has 3 aromatic rings. The van der Waals surface area contributed by atoms with E-state index in [1.165, 1.54) is 12.8 Å². The van der Waals surface area contributed by atoms with Crippen molar-refractivity contribution in [3.8, 4) is 17.2 Å². The van der Waals surface area contributed by atoms with E-state index in [1.54, 1.807) is 33.3 Å². The fourth-order valence-corrected chi connectivity index (χ4v) is 3.83. The molecule has 0 bridgehead atoms. The van der Waals surface area contributed by atoms with E-state index in [0.717, 1.165) is 18.2 Å². The molecule has 29 heavy (non-hydrogen) atoms. The minimum atomic E-state index is -0.244. The molecule has 0 saturated heterocycles. The Balaban J connectivity index is 1.61. The Labute approximate surface area is 169 Å². The zero-order valence-electron chi connectivity index (χ0n) is 16.9. The first-order chi connectivity index (χ1) is 14.1. The van der Waals surface area contributed by atoms with Crippen molar-refractivity contribution in [2.24, 2.45) is 0 Å². The lowest BCUT2D eigenvalue weighted by Gasteiger charge is -2.17. The molecule has 1 amide bonds. The lowest BCUT2D eigenvalue weighted by atomic mass is 10.1. The zero-order chi connectivity index (χ0) is 20.4. The summed E-state index contributed by atoms with van der Waals surface area (Å²) in [4.78, 5) is 13.0. The summed E-state index contributed by atoms with van der Waals surface area (Å²) in [7, 11) is 3.21. The average molecular weight is 395 g/mol. The molecule has 1 aromatic heterocycles. The number of ether oxygens (including phenoxy) is 3. The maximum Gasteiger partial charge on any atom is 0.259 e. The molecule has 2 aromatic carbocycles. The van der Waals surface area contributed by atoms with Crippen molar-refractivity contribution in [2.75, 3.05) is 19.5 Å². The Morgan fingerprint density at radius 1 is 1.03 bits per heavy atom. The number of hydrogen-bond acceptors (Lipinski definition) is 5. The van der Waals surface area contributed by atoms with E-state index in [0.29, 0.717) is 39.8 Å². The molecule has 1 aliphatic rings. The predicted octanol–water partition coefficient (Wildman–Crippen LogP) is 5.33. The fourth-order valence-electron chi connectivity index (χ4n) is 3.83. The molecule has 0 spiro atoms. The maximum absolute atomic E-state index is 13.0. The van der Waals surface area contributed by atoms with E-state index in [9.17, 15) is 4.79 Å². The van der Waals surface area contributed by atoms with Gasteiger partial charge >= 0.3 is 0 Å². The lowest BCUT2D eigenvalue weighted by molar-refractivity contribution is 0.102. The van der Waals surface area contributed by atoms with Crippen molar-refractivity contribution in [3.05, 3.63) is 47.7 Å². The monoisotopic (exact) mass is 395 g/mol. The number of amides is 1. The molecule has 152 valence electrons. The number of anilines is 1. The van der Waals surface area contributed by atoms with Crippen molar-refractivity contribution in [1.82, 2.24) is 0 Å². The first-order valence-corrected chi connectivity index (χ1v) is 9.82. The summed E-state index contributed by atoms with van der Waals surface area (Å²) in [5.74, 6) is 2.29. The van der Waals surface area contributed by atoms with Gasteiger partial charge in [0.05, 0.1) is 25.9 Å². The topological polar surface area (TPSA) is 69.9 Å². The number of fused-ring (bicyclic) bond motifs is 1. The third-order valence-electron chi connectivity index (χ3n) is 5.32. The average Bonchev–Trinajstić information content (AvgIpc) is 3.34. The molecule has 1 N–H and O–H groups in total. The zero-order valence-corrected chi connectivity index (χ0v) is 16.9. The third-order valence-corrected chi connectivity index (χ3v) is 5.32. The van der Waals surface area contributed by atoms with Gasteiger partial charge in [-0.2, -0.15) is 0 Å². The van der Waals surface area contributed by atoms with Crippen molar-refractivity contribution in [2.45, 2.75) is 38.7 Å². The van der Waals surface area contributed by atoms with E-state index in [4.69, 9.17) is 18.6 Å². The van der Waals surface area contributed by atoms with Crippen molar-refractivity contribution < 1.29 is 23.4 Å². The van der Waals surface area contributed by atoms with Gasteiger partial charge in [0.15, 0.2) is 11.5 Å². The number of furan rings is 1. The van der Waals surface area contributed by atoms with Crippen LogP contribution in [0.25, 0.3) is 11.0 Å². The van der Waals surface area contributed by atoms with Crippen LogP contribution in [0.15, 0.2) is 40.8 Å². The second kappa shape index (κ2) is 8.07. The number of carbonyl (C=O) groups excluding carboxylic acids is 1. The van der Waals surface area contributed by atoms with Crippen LogP contribution in [-0.2, 0) is 0 Å². The quantitative estimate of drug-likeness (QED) is 0.611. The third kappa shape index (κ3) is 3.88. The molecular formula is C23H25NO5. The molecule has 1 heterocycles. The summed E-state index contributed by atoms with van der Waals surface area (Å²) in [5.41, 5.74) is 1.78. The van der Waals surface area contributed by atoms with E-state index < -0.39 is 0 Å². The Bertz CT molecular complexity index is 1030. The normalized spacial score (nSPS) is 14.2. The van der Waals surface area contributed by atoms with Crippen LogP contribution in [0.3, 0.4) is 0 Å². The summed E-state index contributed by atoms with van der Waals surface area (Å²) >= 11 is 0. The summed E-state index contributed by atoms with van der Waals surface area (Å²) in [6.45, 7) is 1.78. The largest absolute Gasteiger partial charge is 0.497 e. The summed E-state index contributed by atoms with van der Waals surface area (Å²) in [5, 5.41) is 3.67. The lowest BCUT2D eigenvalue weighted by Crippen LogP contribution is -2.14. The highest BCUT2D eigenvalue weighted by Crippen LogP contribution is 2.35. The van der Waals surface area contributed by atoms with Gasteiger partial charge in [-0.3, -0.25) is 4.79 Å². The number of nitrogens with one attached hydrogen (secondary N) is 1. The van der Waals surface area contributed by atoms with Crippen LogP contribution in [0.4, 0.5) is 5.69 Å². The summed E-state index contributed by atoms with van der Waals surface area (Å²) in [6.07, 6.45) is 4.64. The molecule has 4 rings (SSSR count). The van der Waals surface area contributed by atoms with Gasteiger partial charge in [0.2, 0.25) is 0 Å². The number of benzene rings is 2. The van der Waals surface area contributed by atoms with E-state index in [1.807, 2.05) is 24.3 Å². The molecule has 1 aliphatic carbocycles. The van der Waals surface area contributed by atoms with Gasteiger partial charge in [-0.25, -0.2) is 0 Å². The highest BCUT2D eigenvalue weighted by molar-refractivity contribution is 6.13. The first kappa shape index (κ1) is 19.2. The highest BCUT2D eigenvalue weighted by atomic mass is 16.5. The number of rotatable bonds is 6. The van der Waals surface area contributed by atoms with E-state index >= 15 is 0 Å². The van der Waals surface area contributed by atoms with Crippen LogP contribution in [-0.4, -0.2) is 26.2 Å². The van der Waals surface area contributed by atoms with Crippen LogP contribution < -0.4 is 19.5 Å². The van der Waals surface area contributed by atoms with Crippen LogP contribution in [0.5, 0.6) is 17.2 Å². The number of aryl methyl sites for hydroxylation is 1. The maximum atomic E-state index is 13.0. The van der Waals surface area contributed by atoms with E-state index in [2.05, 4.69) is 5.32 Å². The second-order valence-corrected chi connectivity index (χ2v) is 7.24. The van der Waals surface area contributed by atoms with Crippen molar-refractivity contribution >= 4 is 22.6 Å². The SMILES string of the molecule is COc1ccc2oc(C)c(C(=O)Nc3ccc(OC)c(OC4CCCC4)c3)c2c1. The van der Waals surface area contributed by atoms with Crippen LogP contribution in [0.1, 0.15) is 41.8 Å². The Hall–Kier alpha value is -3.15. The smallest absolute Gasteiger partial charge is 0.259 e. The number of carbonyl (C=O) groups is 1. The van der Waals surface area contributed by atoms with Crippen LogP contribution >= 0.6 is 0 Å². The molecule has 1 fully saturated rings. The first-order valence-electron chi connectivity index (χ1n) is 9.82. The van der Waals surface area contributed by atoms with Crippen LogP contribution in [0.2, 0.25) is 0 Å². The highest BCUT2D eigenvalue weighted by Gasteiger charge is 2.21. The molecule has 6 heteroatoms. The Kier molecular flexibility index (Phi) is 5.34. The Morgan fingerprint density at radius 2 is 1.83 bits per heavy atom. The predicted molar refractivity (Wildman–Crippen MR) is 111 cm³/mol. The fraction of sp³-hybridized carbons (Fsp3) is 0.348. The van der Waals surface area contributed by atoms with Gasteiger partial charge in [-0.1, -0.05) is 0 Å². The molecule has 0 aliphatic heterocycles. The number of methoxy groups -OCH3 is 2. The molecular weight excluding hydrogens is 370 g/mol. The summed E-state index contributed by atoms with van der Waals surface area (Å²) in [6, 6.07) is 10.8. The van der Waals surface area contributed by atoms with E-state index in [-0.39, 0.29) is 12.0 Å². The van der Waals surface area contributed by atoms with Crippen LogP contribution in [0, 0.1) is 6.92 Å².